The summed E-state index contributed by atoms with van der Waals surface area (Å²) >= 11 is 0. The molecular formula is C19H22N2O2. The number of methoxy groups -OCH3 is 1. The zero-order chi connectivity index (χ0) is 16.4. The summed E-state index contributed by atoms with van der Waals surface area (Å²) in [6, 6.07) is 15.6. The molecule has 1 saturated carbocycles. The normalized spacial score (nSPS) is 14.9. The van der Waals surface area contributed by atoms with Crippen LogP contribution in [0.4, 0.5) is 11.4 Å². The fourth-order valence-corrected chi connectivity index (χ4v) is 2.88. The second-order valence-electron chi connectivity index (χ2n) is 6.18. The number of anilines is 2. The van der Waals surface area contributed by atoms with Crippen LogP contribution in [0.25, 0.3) is 0 Å². The van der Waals surface area contributed by atoms with Crippen LogP contribution in [0, 0.1) is 0 Å². The molecule has 4 heteroatoms. The van der Waals surface area contributed by atoms with Gasteiger partial charge in [-0.05, 0) is 43.2 Å². The topological polar surface area (TPSA) is 41.6 Å². The summed E-state index contributed by atoms with van der Waals surface area (Å²) in [6.45, 7) is 0. The first kappa shape index (κ1) is 15.4. The predicted molar refractivity (Wildman–Crippen MR) is 93.3 cm³/mol. The standard InChI is InChI=1S/C19H22N2O2/c1-21(2)15-10-8-14(9-11-15)20-18(22)19(12-13-19)16-6-4-5-7-17(16)23-3/h4-11H,12-13H2,1-3H3,(H,20,22). The van der Waals surface area contributed by atoms with Crippen molar-refractivity contribution in [3.8, 4) is 5.75 Å². The Labute approximate surface area is 137 Å². The average molecular weight is 310 g/mol. The number of ether oxygens (including phenoxy) is 1. The number of hydrogen-bond donors (Lipinski definition) is 1. The molecule has 1 N–H and O–H groups in total. The van der Waals surface area contributed by atoms with Crippen molar-refractivity contribution >= 4 is 17.3 Å². The van der Waals surface area contributed by atoms with Gasteiger partial charge in [-0.2, -0.15) is 0 Å². The molecule has 0 aliphatic heterocycles. The van der Waals surface area contributed by atoms with Gasteiger partial charge in [0, 0.05) is 31.0 Å². The Balaban J connectivity index is 1.80. The number of amides is 1. The van der Waals surface area contributed by atoms with Crippen LogP contribution in [-0.2, 0) is 10.2 Å². The smallest absolute Gasteiger partial charge is 0.235 e. The second-order valence-corrected chi connectivity index (χ2v) is 6.18. The van der Waals surface area contributed by atoms with Gasteiger partial charge in [0.25, 0.3) is 0 Å². The fourth-order valence-electron chi connectivity index (χ4n) is 2.88. The number of para-hydroxylation sites is 1. The third-order valence-corrected chi connectivity index (χ3v) is 4.45. The maximum atomic E-state index is 12.8. The van der Waals surface area contributed by atoms with E-state index in [4.69, 9.17) is 4.74 Å². The van der Waals surface area contributed by atoms with Crippen molar-refractivity contribution in [1.29, 1.82) is 0 Å². The molecule has 2 aromatic carbocycles. The minimum atomic E-state index is -0.452. The summed E-state index contributed by atoms with van der Waals surface area (Å²) < 4.78 is 5.43. The number of benzene rings is 2. The highest BCUT2D eigenvalue weighted by Gasteiger charge is 2.52. The second kappa shape index (κ2) is 5.95. The number of nitrogens with one attached hydrogen (secondary N) is 1. The third kappa shape index (κ3) is 2.89. The minimum absolute atomic E-state index is 0.0413. The van der Waals surface area contributed by atoms with Crippen LogP contribution in [0.3, 0.4) is 0 Å². The van der Waals surface area contributed by atoms with E-state index < -0.39 is 5.41 Å². The first-order valence-corrected chi connectivity index (χ1v) is 7.79. The largest absolute Gasteiger partial charge is 0.496 e. The van der Waals surface area contributed by atoms with E-state index in [1.807, 2.05) is 67.5 Å². The summed E-state index contributed by atoms with van der Waals surface area (Å²) in [7, 11) is 5.63. The SMILES string of the molecule is COc1ccccc1C1(C(=O)Nc2ccc(N(C)C)cc2)CC1. The summed E-state index contributed by atoms with van der Waals surface area (Å²) in [5.74, 6) is 0.822. The summed E-state index contributed by atoms with van der Waals surface area (Å²) in [5.41, 5.74) is 2.45. The Morgan fingerprint density at radius 1 is 1.09 bits per heavy atom. The highest BCUT2D eigenvalue weighted by molar-refractivity contribution is 6.02. The molecular weight excluding hydrogens is 288 g/mol. The molecule has 2 aromatic rings. The Bertz CT molecular complexity index is 704. The Hall–Kier alpha value is -2.49. The molecule has 0 aromatic heterocycles. The lowest BCUT2D eigenvalue weighted by atomic mass is 9.94. The van der Waals surface area contributed by atoms with E-state index in [9.17, 15) is 4.79 Å². The number of hydrogen-bond acceptors (Lipinski definition) is 3. The molecule has 1 aliphatic rings. The molecule has 0 unspecified atom stereocenters. The van der Waals surface area contributed by atoms with E-state index >= 15 is 0 Å². The molecule has 0 heterocycles. The Kier molecular flexibility index (Phi) is 3.99. The molecule has 0 spiro atoms. The number of nitrogens with zero attached hydrogens (tertiary/aromatic N) is 1. The first-order valence-electron chi connectivity index (χ1n) is 7.79. The van der Waals surface area contributed by atoms with Crippen molar-refractivity contribution in [3.63, 3.8) is 0 Å². The minimum Gasteiger partial charge on any atom is -0.496 e. The molecule has 120 valence electrons. The van der Waals surface area contributed by atoms with Gasteiger partial charge in [-0.25, -0.2) is 0 Å². The molecule has 1 aliphatic carbocycles. The van der Waals surface area contributed by atoms with Gasteiger partial charge in [0.05, 0.1) is 12.5 Å². The molecule has 0 atom stereocenters. The van der Waals surface area contributed by atoms with E-state index in [1.165, 1.54) is 0 Å². The van der Waals surface area contributed by atoms with Crippen molar-refractivity contribution in [2.45, 2.75) is 18.3 Å². The van der Waals surface area contributed by atoms with Crippen LogP contribution < -0.4 is 15.0 Å². The van der Waals surface area contributed by atoms with E-state index in [1.54, 1.807) is 7.11 Å². The van der Waals surface area contributed by atoms with E-state index in [0.717, 1.165) is 35.5 Å². The van der Waals surface area contributed by atoms with Crippen LogP contribution in [0.15, 0.2) is 48.5 Å². The van der Waals surface area contributed by atoms with Crippen LogP contribution in [-0.4, -0.2) is 27.1 Å². The predicted octanol–water partition coefficient (Wildman–Crippen LogP) is 3.43. The van der Waals surface area contributed by atoms with E-state index in [2.05, 4.69) is 5.32 Å². The maximum Gasteiger partial charge on any atom is 0.235 e. The highest BCUT2D eigenvalue weighted by atomic mass is 16.5. The lowest BCUT2D eigenvalue weighted by Crippen LogP contribution is -2.28. The molecule has 0 bridgehead atoms. The molecule has 3 rings (SSSR count). The highest BCUT2D eigenvalue weighted by Crippen LogP contribution is 2.51. The van der Waals surface area contributed by atoms with Crippen molar-refractivity contribution in [2.75, 3.05) is 31.4 Å². The van der Waals surface area contributed by atoms with Crippen LogP contribution in [0.1, 0.15) is 18.4 Å². The van der Waals surface area contributed by atoms with Gasteiger partial charge in [-0.15, -0.1) is 0 Å². The van der Waals surface area contributed by atoms with E-state index in [0.29, 0.717) is 0 Å². The van der Waals surface area contributed by atoms with Gasteiger partial charge in [-0.3, -0.25) is 4.79 Å². The maximum absolute atomic E-state index is 12.8. The van der Waals surface area contributed by atoms with Gasteiger partial charge < -0.3 is 15.0 Å². The van der Waals surface area contributed by atoms with Gasteiger partial charge in [0.15, 0.2) is 0 Å². The molecule has 4 nitrogen and oxygen atoms in total. The van der Waals surface area contributed by atoms with Gasteiger partial charge in [0.1, 0.15) is 5.75 Å². The summed E-state index contributed by atoms with van der Waals surface area (Å²) in [5, 5.41) is 3.05. The Morgan fingerprint density at radius 2 is 1.74 bits per heavy atom. The van der Waals surface area contributed by atoms with Crippen molar-refractivity contribution in [3.05, 3.63) is 54.1 Å². The van der Waals surface area contributed by atoms with Crippen molar-refractivity contribution in [2.24, 2.45) is 0 Å². The zero-order valence-electron chi connectivity index (χ0n) is 13.8. The summed E-state index contributed by atoms with van der Waals surface area (Å²) in [4.78, 5) is 14.8. The molecule has 0 radical (unpaired) electrons. The lowest BCUT2D eigenvalue weighted by molar-refractivity contribution is -0.118. The fraction of sp³-hybridized carbons (Fsp3) is 0.316. The molecule has 1 amide bonds. The molecule has 0 saturated heterocycles. The lowest BCUT2D eigenvalue weighted by Gasteiger charge is -2.19. The van der Waals surface area contributed by atoms with Crippen molar-refractivity contribution < 1.29 is 9.53 Å². The van der Waals surface area contributed by atoms with Crippen LogP contribution in [0.2, 0.25) is 0 Å². The first-order chi connectivity index (χ1) is 11.1. The third-order valence-electron chi connectivity index (χ3n) is 4.45. The van der Waals surface area contributed by atoms with Gasteiger partial charge in [-0.1, -0.05) is 18.2 Å². The molecule has 23 heavy (non-hydrogen) atoms. The average Bonchev–Trinajstić information content (AvgIpc) is 3.37. The summed E-state index contributed by atoms with van der Waals surface area (Å²) in [6.07, 6.45) is 1.71. The number of rotatable bonds is 5. The van der Waals surface area contributed by atoms with Crippen LogP contribution >= 0.6 is 0 Å². The number of carbonyl (C=O) groups is 1. The van der Waals surface area contributed by atoms with Crippen LogP contribution in [0.5, 0.6) is 5.75 Å². The Morgan fingerprint density at radius 3 is 2.30 bits per heavy atom. The molecule has 1 fully saturated rings. The van der Waals surface area contributed by atoms with E-state index in [-0.39, 0.29) is 5.91 Å². The van der Waals surface area contributed by atoms with Gasteiger partial charge >= 0.3 is 0 Å². The van der Waals surface area contributed by atoms with Crippen molar-refractivity contribution in [1.82, 2.24) is 0 Å². The quantitative estimate of drug-likeness (QED) is 0.920. The van der Waals surface area contributed by atoms with Gasteiger partial charge in [0.2, 0.25) is 5.91 Å². The number of carbonyl (C=O) groups excluding carboxylic acids is 1. The monoisotopic (exact) mass is 310 g/mol. The zero-order valence-corrected chi connectivity index (χ0v) is 13.8.